The maximum absolute atomic E-state index is 13.1. The predicted octanol–water partition coefficient (Wildman–Crippen LogP) is 3.47. The second-order valence-electron chi connectivity index (χ2n) is 7.68. The first-order valence-corrected chi connectivity index (χ1v) is 9.86. The van der Waals surface area contributed by atoms with E-state index in [9.17, 15) is 9.18 Å². The van der Waals surface area contributed by atoms with Crippen molar-refractivity contribution >= 4 is 5.78 Å². The molecule has 1 aliphatic rings. The van der Waals surface area contributed by atoms with Gasteiger partial charge in [0.2, 0.25) is 0 Å². The van der Waals surface area contributed by atoms with E-state index in [0.717, 1.165) is 43.7 Å². The van der Waals surface area contributed by atoms with Gasteiger partial charge in [0.05, 0.1) is 19.3 Å². The highest BCUT2D eigenvalue weighted by atomic mass is 19.1. The molecular formula is C22H28FN3O2. The van der Waals surface area contributed by atoms with Crippen LogP contribution in [0, 0.1) is 18.2 Å². The SMILES string of the molecule is CCOC[C@]1(CCc2ccc(F)cn2)CCN(CC(=O)c2ccc(C)nc2)C1. The minimum Gasteiger partial charge on any atom is -0.381 e. The zero-order valence-corrected chi connectivity index (χ0v) is 16.7. The van der Waals surface area contributed by atoms with Crippen LogP contribution in [0.3, 0.4) is 0 Å². The number of carbonyl (C=O) groups excluding carboxylic acids is 1. The molecule has 0 aromatic carbocycles. The largest absolute Gasteiger partial charge is 0.381 e. The zero-order valence-electron chi connectivity index (χ0n) is 16.7. The van der Waals surface area contributed by atoms with E-state index < -0.39 is 0 Å². The molecule has 0 aliphatic carbocycles. The van der Waals surface area contributed by atoms with Gasteiger partial charge in [-0.05, 0) is 63.9 Å². The maximum atomic E-state index is 13.1. The summed E-state index contributed by atoms with van der Waals surface area (Å²) in [6.45, 7) is 7.33. The van der Waals surface area contributed by atoms with Crippen LogP contribution in [0.25, 0.3) is 0 Å². The molecule has 2 aromatic rings. The number of rotatable bonds is 9. The summed E-state index contributed by atoms with van der Waals surface area (Å²) < 4.78 is 18.9. The van der Waals surface area contributed by atoms with Gasteiger partial charge in [-0.25, -0.2) is 4.39 Å². The molecule has 0 saturated carbocycles. The number of carbonyl (C=O) groups is 1. The average Bonchev–Trinajstić information content (AvgIpc) is 3.09. The number of halogens is 1. The van der Waals surface area contributed by atoms with Crippen molar-refractivity contribution in [2.45, 2.75) is 33.1 Å². The molecule has 2 aromatic heterocycles. The maximum Gasteiger partial charge on any atom is 0.178 e. The molecule has 0 N–H and O–H groups in total. The number of pyridine rings is 2. The Morgan fingerprint density at radius 3 is 2.79 bits per heavy atom. The lowest BCUT2D eigenvalue weighted by molar-refractivity contribution is 0.0489. The van der Waals surface area contributed by atoms with Gasteiger partial charge in [0.15, 0.2) is 5.78 Å². The Labute approximate surface area is 166 Å². The minimum absolute atomic E-state index is 0.00210. The molecule has 0 amide bonds. The summed E-state index contributed by atoms with van der Waals surface area (Å²) in [4.78, 5) is 23.2. The number of ketones is 1. The summed E-state index contributed by atoms with van der Waals surface area (Å²) in [5.41, 5.74) is 2.45. The fourth-order valence-corrected chi connectivity index (χ4v) is 3.75. The summed E-state index contributed by atoms with van der Waals surface area (Å²) in [5.74, 6) is -0.219. The molecule has 1 saturated heterocycles. The first-order valence-electron chi connectivity index (χ1n) is 9.86. The van der Waals surface area contributed by atoms with Crippen LogP contribution in [-0.4, -0.2) is 53.5 Å². The highest BCUT2D eigenvalue weighted by molar-refractivity contribution is 5.97. The Kier molecular flexibility index (Phi) is 6.86. The average molecular weight is 385 g/mol. The van der Waals surface area contributed by atoms with Crippen LogP contribution in [0.4, 0.5) is 4.39 Å². The van der Waals surface area contributed by atoms with Gasteiger partial charge < -0.3 is 4.74 Å². The molecule has 6 heteroatoms. The monoisotopic (exact) mass is 385 g/mol. The van der Waals surface area contributed by atoms with Crippen molar-refractivity contribution in [1.82, 2.24) is 14.9 Å². The van der Waals surface area contributed by atoms with Gasteiger partial charge >= 0.3 is 0 Å². The molecule has 0 unspecified atom stereocenters. The highest BCUT2D eigenvalue weighted by Gasteiger charge is 2.38. The second kappa shape index (κ2) is 9.34. The third kappa shape index (κ3) is 5.42. The van der Waals surface area contributed by atoms with E-state index in [-0.39, 0.29) is 17.0 Å². The van der Waals surface area contributed by atoms with E-state index in [0.29, 0.717) is 25.3 Å². The molecule has 1 fully saturated rings. The minimum atomic E-state index is -0.316. The zero-order chi connectivity index (χ0) is 20.0. The van der Waals surface area contributed by atoms with Crippen LogP contribution in [0.2, 0.25) is 0 Å². The summed E-state index contributed by atoms with van der Waals surface area (Å²) in [7, 11) is 0. The van der Waals surface area contributed by atoms with Crippen LogP contribution in [0.5, 0.6) is 0 Å². The number of hydrogen-bond donors (Lipinski definition) is 0. The molecule has 1 atom stereocenters. The van der Waals surface area contributed by atoms with Crippen LogP contribution in [-0.2, 0) is 11.2 Å². The lowest BCUT2D eigenvalue weighted by Gasteiger charge is -2.29. The molecule has 3 rings (SSSR count). The van der Waals surface area contributed by atoms with E-state index in [2.05, 4.69) is 14.9 Å². The molecule has 0 bridgehead atoms. The van der Waals surface area contributed by atoms with Crippen molar-refractivity contribution < 1.29 is 13.9 Å². The molecule has 28 heavy (non-hydrogen) atoms. The number of hydrogen-bond acceptors (Lipinski definition) is 5. The van der Waals surface area contributed by atoms with Crippen LogP contribution < -0.4 is 0 Å². The van der Waals surface area contributed by atoms with Crippen LogP contribution in [0.15, 0.2) is 36.7 Å². The van der Waals surface area contributed by atoms with Gasteiger partial charge in [0, 0.05) is 41.7 Å². The summed E-state index contributed by atoms with van der Waals surface area (Å²) in [6, 6.07) is 6.90. The Morgan fingerprint density at radius 1 is 1.25 bits per heavy atom. The molecule has 0 radical (unpaired) electrons. The molecule has 3 heterocycles. The van der Waals surface area contributed by atoms with Crippen molar-refractivity contribution in [3.8, 4) is 0 Å². The van der Waals surface area contributed by atoms with Crippen molar-refractivity contribution in [3.63, 3.8) is 0 Å². The van der Waals surface area contributed by atoms with Crippen molar-refractivity contribution in [2.24, 2.45) is 5.41 Å². The van der Waals surface area contributed by atoms with Crippen LogP contribution >= 0.6 is 0 Å². The predicted molar refractivity (Wildman–Crippen MR) is 106 cm³/mol. The van der Waals surface area contributed by atoms with E-state index in [1.54, 1.807) is 12.3 Å². The quantitative estimate of drug-likeness (QED) is 0.619. The third-order valence-corrected chi connectivity index (χ3v) is 5.43. The number of ether oxygens (including phenoxy) is 1. The summed E-state index contributed by atoms with van der Waals surface area (Å²) in [6.07, 6.45) is 5.58. The first-order chi connectivity index (χ1) is 13.5. The Morgan fingerprint density at radius 2 is 2.11 bits per heavy atom. The third-order valence-electron chi connectivity index (χ3n) is 5.43. The van der Waals surface area contributed by atoms with Gasteiger partial charge in [0.1, 0.15) is 5.82 Å². The van der Waals surface area contributed by atoms with Gasteiger partial charge in [-0.15, -0.1) is 0 Å². The summed E-state index contributed by atoms with van der Waals surface area (Å²) in [5, 5.41) is 0. The van der Waals surface area contributed by atoms with E-state index in [1.807, 2.05) is 26.0 Å². The first kappa shape index (κ1) is 20.6. The van der Waals surface area contributed by atoms with Gasteiger partial charge in [0.25, 0.3) is 0 Å². The van der Waals surface area contributed by atoms with Crippen LogP contribution in [0.1, 0.15) is 41.5 Å². The molecular weight excluding hydrogens is 357 g/mol. The lowest BCUT2D eigenvalue weighted by atomic mass is 9.82. The number of aryl methyl sites for hydroxylation is 2. The Hall–Kier alpha value is -2.18. The van der Waals surface area contributed by atoms with Crippen molar-refractivity contribution in [1.29, 1.82) is 0 Å². The van der Waals surface area contributed by atoms with E-state index in [4.69, 9.17) is 4.74 Å². The van der Waals surface area contributed by atoms with Gasteiger partial charge in [-0.3, -0.25) is 19.7 Å². The van der Waals surface area contributed by atoms with Crippen molar-refractivity contribution in [3.05, 3.63) is 59.4 Å². The highest BCUT2D eigenvalue weighted by Crippen LogP contribution is 2.35. The number of Topliss-reactive ketones (excluding diaryl/α,β-unsaturated/α-hetero) is 1. The normalized spacial score (nSPS) is 19.8. The topological polar surface area (TPSA) is 55.3 Å². The fraction of sp³-hybridized carbons (Fsp3) is 0.500. The Balaban J connectivity index is 1.61. The smallest absolute Gasteiger partial charge is 0.178 e. The molecule has 0 spiro atoms. The number of likely N-dealkylation sites (tertiary alicyclic amines) is 1. The van der Waals surface area contributed by atoms with Gasteiger partial charge in [-0.1, -0.05) is 0 Å². The van der Waals surface area contributed by atoms with E-state index in [1.165, 1.54) is 12.3 Å². The second-order valence-corrected chi connectivity index (χ2v) is 7.68. The summed E-state index contributed by atoms with van der Waals surface area (Å²) >= 11 is 0. The van der Waals surface area contributed by atoms with Crippen molar-refractivity contribution in [2.75, 3.05) is 32.8 Å². The van der Waals surface area contributed by atoms with E-state index >= 15 is 0 Å². The van der Waals surface area contributed by atoms with Gasteiger partial charge in [-0.2, -0.15) is 0 Å². The fourth-order valence-electron chi connectivity index (χ4n) is 3.75. The molecule has 150 valence electrons. The number of nitrogens with zero attached hydrogens (tertiary/aromatic N) is 3. The molecule has 1 aliphatic heterocycles. The molecule has 5 nitrogen and oxygen atoms in total. The Bertz CT molecular complexity index is 779. The number of aromatic nitrogens is 2. The lowest BCUT2D eigenvalue weighted by Crippen LogP contribution is -2.34. The standard InChI is InChI=1S/C22H28FN3O2/c1-3-28-16-22(9-8-20-7-6-19(23)13-25-20)10-11-26(15-22)14-21(27)18-5-4-17(2)24-12-18/h4-7,12-13H,3,8-11,14-16H2,1-2H3/t22-/m1/s1.